The molecule has 0 bridgehead atoms. The average molecular weight is 307 g/mol. The molecule has 0 fully saturated rings. The molecule has 0 spiro atoms. The van der Waals surface area contributed by atoms with Gasteiger partial charge in [-0.2, -0.15) is 0 Å². The second-order valence-electron chi connectivity index (χ2n) is 5.04. The van der Waals surface area contributed by atoms with E-state index < -0.39 is 23.7 Å². The van der Waals surface area contributed by atoms with Crippen molar-refractivity contribution >= 4 is 23.3 Å². The number of carbonyl (C=O) groups excluding carboxylic acids is 3. The number of para-hydroxylation sites is 1. The molecule has 1 N–H and O–H groups in total. The second-order valence-corrected chi connectivity index (χ2v) is 5.04. The van der Waals surface area contributed by atoms with Crippen LogP contribution in [-0.4, -0.2) is 22.7 Å². The maximum absolute atomic E-state index is 12.6. The SMILES string of the molecule is O=C(c1ccccc1N1C(=O)C=CC1=O)C(O)c1ccccc1. The minimum absolute atomic E-state index is 0.120. The number of Topliss-reactive ketones (excluding diaryl/α,β-unsaturated/α-hetero) is 1. The topological polar surface area (TPSA) is 74.7 Å². The van der Waals surface area contributed by atoms with Crippen LogP contribution in [0.5, 0.6) is 0 Å². The molecule has 1 unspecified atom stereocenters. The van der Waals surface area contributed by atoms with Crippen LogP contribution in [0.1, 0.15) is 22.0 Å². The number of aliphatic hydroxyl groups is 1. The van der Waals surface area contributed by atoms with Gasteiger partial charge in [0.25, 0.3) is 11.8 Å². The van der Waals surface area contributed by atoms with Gasteiger partial charge in [0.1, 0.15) is 6.10 Å². The molecule has 5 heteroatoms. The summed E-state index contributed by atoms with van der Waals surface area (Å²) < 4.78 is 0. The van der Waals surface area contributed by atoms with Crippen LogP contribution in [0.3, 0.4) is 0 Å². The van der Waals surface area contributed by atoms with Crippen molar-refractivity contribution in [2.75, 3.05) is 4.90 Å². The van der Waals surface area contributed by atoms with Crippen LogP contribution in [0.15, 0.2) is 66.7 Å². The van der Waals surface area contributed by atoms with Gasteiger partial charge in [-0.15, -0.1) is 0 Å². The summed E-state index contributed by atoms with van der Waals surface area (Å²) in [6.07, 6.45) is 0.937. The zero-order valence-electron chi connectivity index (χ0n) is 12.0. The van der Waals surface area contributed by atoms with Gasteiger partial charge < -0.3 is 5.11 Å². The predicted molar refractivity (Wildman–Crippen MR) is 83.8 cm³/mol. The van der Waals surface area contributed by atoms with E-state index in [1.54, 1.807) is 42.5 Å². The smallest absolute Gasteiger partial charge is 0.258 e. The number of aliphatic hydroxyl groups excluding tert-OH is 1. The molecule has 1 heterocycles. The number of amides is 2. The van der Waals surface area contributed by atoms with Gasteiger partial charge in [-0.1, -0.05) is 42.5 Å². The molecule has 114 valence electrons. The van der Waals surface area contributed by atoms with Gasteiger partial charge in [0.05, 0.1) is 5.69 Å². The van der Waals surface area contributed by atoms with E-state index in [4.69, 9.17) is 0 Å². The van der Waals surface area contributed by atoms with E-state index in [-0.39, 0.29) is 11.3 Å². The molecule has 5 nitrogen and oxygen atoms in total. The molecular formula is C18H13NO4. The third kappa shape index (κ3) is 2.69. The van der Waals surface area contributed by atoms with Crippen molar-refractivity contribution in [3.05, 3.63) is 77.9 Å². The number of ketones is 1. The van der Waals surface area contributed by atoms with Crippen LogP contribution < -0.4 is 4.90 Å². The lowest BCUT2D eigenvalue weighted by Crippen LogP contribution is -2.31. The molecule has 2 amide bonds. The number of imide groups is 1. The van der Waals surface area contributed by atoms with E-state index in [9.17, 15) is 19.5 Å². The summed E-state index contributed by atoms with van der Waals surface area (Å²) in [5.41, 5.74) is 0.742. The molecule has 1 aliphatic rings. The molecule has 0 saturated carbocycles. The zero-order chi connectivity index (χ0) is 16.4. The summed E-state index contributed by atoms with van der Waals surface area (Å²) in [4.78, 5) is 37.2. The maximum Gasteiger partial charge on any atom is 0.258 e. The van der Waals surface area contributed by atoms with Crippen LogP contribution in [0.25, 0.3) is 0 Å². The van der Waals surface area contributed by atoms with Crippen molar-refractivity contribution in [1.82, 2.24) is 0 Å². The van der Waals surface area contributed by atoms with Crippen molar-refractivity contribution in [3.63, 3.8) is 0 Å². The Kier molecular flexibility index (Phi) is 3.87. The molecule has 2 aromatic rings. The molecular weight excluding hydrogens is 294 g/mol. The highest BCUT2D eigenvalue weighted by Gasteiger charge is 2.30. The van der Waals surface area contributed by atoms with Crippen LogP contribution in [0.4, 0.5) is 5.69 Å². The molecule has 0 saturated heterocycles. The molecule has 0 aliphatic carbocycles. The first kappa shape index (κ1) is 14.9. The average Bonchev–Trinajstić information content (AvgIpc) is 2.93. The fraction of sp³-hybridized carbons (Fsp3) is 0.0556. The Balaban J connectivity index is 1.99. The number of anilines is 1. The molecule has 1 aliphatic heterocycles. The van der Waals surface area contributed by atoms with Crippen LogP contribution in [0, 0.1) is 0 Å². The van der Waals surface area contributed by atoms with Gasteiger partial charge in [0.15, 0.2) is 5.78 Å². The Morgan fingerprint density at radius 1 is 0.870 bits per heavy atom. The monoisotopic (exact) mass is 307 g/mol. The van der Waals surface area contributed by atoms with Gasteiger partial charge in [-0.3, -0.25) is 14.4 Å². The molecule has 3 rings (SSSR count). The number of rotatable bonds is 4. The first-order valence-electron chi connectivity index (χ1n) is 7.02. The number of hydrogen-bond donors (Lipinski definition) is 1. The Labute approximate surface area is 132 Å². The highest BCUT2D eigenvalue weighted by Crippen LogP contribution is 2.28. The fourth-order valence-corrected chi connectivity index (χ4v) is 2.45. The van der Waals surface area contributed by atoms with Gasteiger partial charge in [-0.05, 0) is 17.7 Å². The zero-order valence-corrected chi connectivity index (χ0v) is 12.0. The van der Waals surface area contributed by atoms with Crippen molar-refractivity contribution in [2.45, 2.75) is 6.10 Å². The van der Waals surface area contributed by atoms with Crippen molar-refractivity contribution in [3.8, 4) is 0 Å². The summed E-state index contributed by atoms with van der Waals surface area (Å²) in [6.45, 7) is 0. The fourth-order valence-electron chi connectivity index (χ4n) is 2.45. The number of carbonyl (C=O) groups is 3. The Morgan fingerprint density at radius 3 is 2.09 bits per heavy atom. The Morgan fingerprint density at radius 2 is 1.43 bits per heavy atom. The van der Waals surface area contributed by atoms with E-state index in [1.165, 1.54) is 12.1 Å². The molecule has 2 aromatic carbocycles. The quantitative estimate of drug-likeness (QED) is 0.693. The van der Waals surface area contributed by atoms with E-state index in [2.05, 4.69) is 0 Å². The Hall–Kier alpha value is -3.05. The predicted octanol–water partition coefficient (Wildman–Crippen LogP) is 2.03. The maximum atomic E-state index is 12.6. The van der Waals surface area contributed by atoms with E-state index in [0.717, 1.165) is 17.1 Å². The number of nitrogens with zero attached hydrogens (tertiary/aromatic N) is 1. The molecule has 1 atom stereocenters. The minimum atomic E-state index is -1.36. The van der Waals surface area contributed by atoms with Crippen molar-refractivity contribution in [1.29, 1.82) is 0 Å². The largest absolute Gasteiger partial charge is 0.380 e. The summed E-state index contributed by atoms with van der Waals surface area (Å²) in [7, 11) is 0. The summed E-state index contributed by atoms with van der Waals surface area (Å²) in [6, 6.07) is 14.7. The lowest BCUT2D eigenvalue weighted by Gasteiger charge is -2.19. The third-order valence-electron chi connectivity index (χ3n) is 3.58. The summed E-state index contributed by atoms with van der Waals surface area (Å²) >= 11 is 0. The van der Waals surface area contributed by atoms with Crippen LogP contribution >= 0.6 is 0 Å². The van der Waals surface area contributed by atoms with Crippen molar-refractivity contribution in [2.24, 2.45) is 0 Å². The van der Waals surface area contributed by atoms with Gasteiger partial charge in [0, 0.05) is 17.7 Å². The van der Waals surface area contributed by atoms with E-state index >= 15 is 0 Å². The first-order valence-corrected chi connectivity index (χ1v) is 7.02. The molecule has 0 radical (unpaired) electrons. The van der Waals surface area contributed by atoms with Gasteiger partial charge >= 0.3 is 0 Å². The second kappa shape index (κ2) is 5.98. The van der Waals surface area contributed by atoms with Crippen molar-refractivity contribution < 1.29 is 19.5 Å². The lowest BCUT2D eigenvalue weighted by atomic mass is 9.98. The number of hydrogen-bond acceptors (Lipinski definition) is 4. The highest BCUT2D eigenvalue weighted by atomic mass is 16.3. The lowest BCUT2D eigenvalue weighted by molar-refractivity contribution is -0.119. The normalized spacial score (nSPS) is 15.1. The molecule has 23 heavy (non-hydrogen) atoms. The highest BCUT2D eigenvalue weighted by molar-refractivity contribution is 6.29. The van der Waals surface area contributed by atoms with E-state index in [0.29, 0.717) is 5.56 Å². The Bertz CT molecular complexity index is 793. The van der Waals surface area contributed by atoms with Gasteiger partial charge in [-0.25, -0.2) is 4.90 Å². The summed E-state index contributed by atoms with van der Waals surface area (Å²) in [5, 5.41) is 10.3. The van der Waals surface area contributed by atoms with Crippen LogP contribution in [0.2, 0.25) is 0 Å². The third-order valence-corrected chi connectivity index (χ3v) is 3.58. The molecule has 0 aromatic heterocycles. The minimum Gasteiger partial charge on any atom is -0.380 e. The number of benzene rings is 2. The standard InChI is InChI=1S/C18H13NO4/c20-15-10-11-16(21)19(15)14-9-5-4-8-13(14)18(23)17(22)12-6-2-1-3-7-12/h1-11,17,22H. The summed E-state index contributed by atoms with van der Waals surface area (Å²) in [5.74, 6) is -1.59. The van der Waals surface area contributed by atoms with E-state index in [1.807, 2.05) is 0 Å². The first-order chi connectivity index (χ1) is 11.1. The van der Waals surface area contributed by atoms with Gasteiger partial charge in [0.2, 0.25) is 0 Å². The van der Waals surface area contributed by atoms with Crippen LogP contribution in [-0.2, 0) is 9.59 Å².